The Balaban J connectivity index is 2.59. The molecule has 0 saturated carbocycles. The van der Waals surface area contributed by atoms with Gasteiger partial charge < -0.3 is 0 Å². The van der Waals surface area contributed by atoms with Crippen molar-refractivity contribution in [3.05, 3.63) is 46.9 Å². The second-order valence-corrected chi connectivity index (χ2v) is 6.74. The van der Waals surface area contributed by atoms with Crippen LogP contribution < -0.4 is 0 Å². The molecule has 0 aromatic heterocycles. The second kappa shape index (κ2) is 9.82. The van der Waals surface area contributed by atoms with Crippen molar-refractivity contribution < 1.29 is 17.4 Å². The van der Waals surface area contributed by atoms with Crippen molar-refractivity contribution >= 4 is 10.8 Å². The van der Waals surface area contributed by atoms with E-state index >= 15 is 0 Å². The van der Waals surface area contributed by atoms with E-state index in [0.29, 0.717) is 12.8 Å². The van der Waals surface area contributed by atoms with Gasteiger partial charge in [-0.1, -0.05) is 62.6 Å². The van der Waals surface area contributed by atoms with E-state index in [1.165, 1.54) is 0 Å². The molecule has 0 spiro atoms. The standard InChI is InChI=1S/C17H23F3OS/c1-2-3-4-8-14-22(21)16(17(18,19)20)13-9-12-15-10-6-5-7-11-15/h5-7,10-11,13H,2-4,8-9,12,14H2,1H3/b16-13-. The fourth-order valence-corrected chi connectivity index (χ4v) is 3.37. The predicted octanol–water partition coefficient (Wildman–Crippen LogP) is 5.39. The number of allylic oxidation sites excluding steroid dienone is 2. The normalized spacial score (nSPS) is 14.1. The number of aryl methyl sites for hydroxylation is 1. The Morgan fingerprint density at radius 2 is 1.82 bits per heavy atom. The van der Waals surface area contributed by atoms with Crippen LogP contribution in [-0.2, 0) is 17.2 Å². The molecule has 0 N–H and O–H groups in total. The molecule has 0 aliphatic heterocycles. The van der Waals surface area contributed by atoms with E-state index in [4.69, 9.17) is 0 Å². The first-order chi connectivity index (χ1) is 10.4. The lowest BCUT2D eigenvalue weighted by Crippen LogP contribution is -2.18. The summed E-state index contributed by atoms with van der Waals surface area (Å²) < 4.78 is 50.9. The van der Waals surface area contributed by atoms with Gasteiger partial charge in [0.25, 0.3) is 0 Å². The Kier molecular flexibility index (Phi) is 8.46. The zero-order valence-corrected chi connectivity index (χ0v) is 13.7. The summed E-state index contributed by atoms with van der Waals surface area (Å²) in [5.41, 5.74) is 0.981. The van der Waals surface area contributed by atoms with E-state index in [0.717, 1.165) is 30.9 Å². The van der Waals surface area contributed by atoms with Crippen molar-refractivity contribution in [1.29, 1.82) is 0 Å². The lowest BCUT2D eigenvalue weighted by Gasteiger charge is -2.11. The van der Waals surface area contributed by atoms with Crippen LogP contribution in [0.1, 0.15) is 44.6 Å². The Bertz CT molecular complexity index is 480. The Morgan fingerprint density at radius 3 is 2.41 bits per heavy atom. The fraction of sp³-hybridized carbons (Fsp3) is 0.529. The number of hydrogen-bond acceptors (Lipinski definition) is 1. The molecule has 124 valence electrons. The van der Waals surface area contributed by atoms with Gasteiger partial charge in [-0.25, -0.2) is 0 Å². The number of benzene rings is 1. The van der Waals surface area contributed by atoms with Crippen molar-refractivity contribution in [2.45, 2.75) is 51.6 Å². The number of unbranched alkanes of at least 4 members (excludes halogenated alkanes) is 3. The number of alkyl halides is 3. The molecule has 0 heterocycles. The van der Waals surface area contributed by atoms with Crippen LogP contribution in [0.25, 0.3) is 0 Å². The number of rotatable bonds is 9. The molecule has 0 amide bonds. The van der Waals surface area contributed by atoms with Gasteiger partial charge in [-0.05, 0) is 24.8 Å². The maximum absolute atomic E-state index is 13.0. The molecule has 1 aromatic rings. The lowest BCUT2D eigenvalue weighted by molar-refractivity contribution is -0.0843. The van der Waals surface area contributed by atoms with Gasteiger partial charge in [0.05, 0.1) is 10.8 Å². The van der Waals surface area contributed by atoms with Crippen LogP contribution in [0.2, 0.25) is 0 Å². The maximum atomic E-state index is 13.0. The van der Waals surface area contributed by atoms with Gasteiger partial charge in [0, 0.05) is 5.75 Å². The quantitative estimate of drug-likeness (QED) is 0.554. The molecule has 0 bridgehead atoms. The van der Waals surface area contributed by atoms with Crippen LogP contribution >= 0.6 is 0 Å². The Morgan fingerprint density at radius 1 is 1.14 bits per heavy atom. The van der Waals surface area contributed by atoms with Crippen LogP contribution in [0, 0.1) is 0 Å². The van der Waals surface area contributed by atoms with Crippen molar-refractivity contribution in [1.82, 2.24) is 0 Å². The summed E-state index contributed by atoms with van der Waals surface area (Å²) in [5, 5.41) is 0. The summed E-state index contributed by atoms with van der Waals surface area (Å²) in [4.78, 5) is -0.875. The van der Waals surface area contributed by atoms with Gasteiger partial charge in [0.1, 0.15) is 4.91 Å². The molecule has 0 saturated heterocycles. The zero-order valence-electron chi connectivity index (χ0n) is 12.9. The summed E-state index contributed by atoms with van der Waals surface area (Å²) in [6, 6.07) is 9.34. The molecular formula is C17H23F3OS. The summed E-state index contributed by atoms with van der Waals surface area (Å²) in [6.07, 6.45) is 0.744. The third kappa shape index (κ3) is 7.25. The van der Waals surface area contributed by atoms with Gasteiger partial charge >= 0.3 is 6.18 Å². The highest BCUT2D eigenvalue weighted by atomic mass is 32.2. The van der Waals surface area contributed by atoms with Gasteiger partial charge in [0.15, 0.2) is 0 Å². The largest absolute Gasteiger partial charge is 0.424 e. The van der Waals surface area contributed by atoms with E-state index < -0.39 is 21.9 Å². The third-order valence-electron chi connectivity index (χ3n) is 3.31. The van der Waals surface area contributed by atoms with Crippen LogP contribution in [-0.4, -0.2) is 16.1 Å². The van der Waals surface area contributed by atoms with Crippen LogP contribution in [0.3, 0.4) is 0 Å². The molecule has 0 fully saturated rings. The van der Waals surface area contributed by atoms with Crippen LogP contribution in [0.4, 0.5) is 13.2 Å². The van der Waals surface area contributed by atoms with Gasteiger partial charge in [-0.15, -0.1) is 0 Å². The molecule has 1 unspecified atom stereocenters. The molecule has 22 heavy (non-hydrogen) atoms. The van der Waals surface area contributed by atoms with E-state index in [-0.39, 0.29) is 12.2 Å². The van der Waals surface area contributed by atoms with E-state index in [2.05, 4.69) is 0 Å². The van der Waals surface area contributed by atoms with Gasteiger partial charge in [-0.2, -0.15) is 13.2 Å². The minimum atomic E-state index is -4.51. The first-order valence-electron chi connectivity index (χ1n) is 7.64. The monoisotopic (exact) mass is 332 g/mol. The first kappa shape index (κ1) is 18.9. The van der Waals surface area contributed by atoms with E-state index in [1.807, 2.05) is 37.3 Å². The Labute approximate surface area is 133 Å². The Hall–Kier alpha value is -1.10. The zero-order chi connectivity index (χ0) is 16.4. The van der Waals surface area contributed by atoms with E-state index in [9.17, 15) is 17.4 Å². The van der Waals surface area contributed by atoms with Crippen LogP contribution in [0.15, 0.2) is 41.3 Å². The van der Waals surface area contributed by atoms with Crippen LogP contribution in [0.5, 0.6) is 0 Å². The molecule has 0 aliphatic rings. The van der Waals surface area contributed by atoms with E-state index in [1.54, 1.807) is 0 Å². The highest BCUT2D eigenvalue weighted by molar-refractivity contribution is 7.89. The minimum Gasteiger partial charge on any atom is -0.254 e. The molecule has 0 aliphatic carbocycles. The summed E-state index contributed by atoms with van der Waals surface area (Å²) in [5.74, 6) is 0.0939. The molecular weight excluding hydrogens is 309 g/mol. The predicted molar refractivity (Wildman–Crippen MR) is 86.1 cm³/mol. The summed E-state index contributed by atoms with van der Waals surface area (Å²) in [6.45, 7) is 2.03. The maximum Gasteiger partial charge on any atom is 0.424 e. The summed E-state index contributed by atoms with van der Waals surface area (Å²) >= 11 is 0. The molecule has 1 aromatic carbocycles. The number of hydrogen-bond donors (Lipinski definition) is 0. The second-order valence-electron chi connectivity index (χ2n) is 5.20. The van der Waals surface area contributed by atoms with Crippen molar-refractivity contribution in [2.75, 3.05) is 5.75 Å². The third-order valence-corrected chi connectivity index (χ3v) is 4.86. The smallest absolute Gasteiger partial charge is 0.254 e. The average molecular weight is 332 g/mol. The molecule has 5 heteroatoms. The first-order valence-corrected chi connectivity index (χ1v) is 8.96. The highest BCUT2D eigenvalue weighted by Crippen LogP contribution is 2.29. The molecule has 1 nitrogen and oxygen atoms in total. The van der Waals surface area contributed by atoms with Crippen molar-refractivity contribution in [2.24, 2.45) is 0 Å². The number of halogens is 3. The molecule has 0 radical (unpaired) electrons. The van der Waals surface area contributed by atoms with Gasteiger partial charge in [-0.3, -0.25) is 4.21 Å². The highest BCUT2D eigenvalue weighted by Gasteiger charge is 2.37. The fourth-order valence-electron chi connectivity index (χ4n) is 2.12. The lowest BCUT2D eigenvalue weighted by atomic mass is 10.1. The topological polar surface area (TPSA) is 17.1 Å². The van der Waals surface area contributed by atoms with Gasteiger partial charge in [0.2, 0.25) is 0 Å². The molecule has 1 atom stereocenters. The van der Waals surface area contributed by atoms with Crippen molar-refractivity contribution in [3.8, 4) is 0 Å². The summed E-state index contributed by atoms with van der Waals surface area (Å²) in [7, 11) is -1.95. The molecule has 1 rings (SSSR count). The SMILES string of the molecule is CCCCCCS(=O)/C(=C\CCc1ccccc1)C(F)(F)F. The van der Waals surface area contributed by atoms with Crippen molar-refractivity contribution in [3.63, 3.8) is 0 Å². The average Bonchev–Trinajstić information content (AvgIpc) is 2.47. The minimum absolute atomic E-state index is 0.0939.